The number of Topliss-reactive ketones (excluding diaryl/α,β-unsaturated/α-hetero) is 1. The van der Waals surface area contributed by atoms with Gasteiger partial charge in [0.25, 0.3) is 0 Å². The fraction of sp³-hybridized carbons (Fsp3) is 0.0455. The normalized spacial score (nSPS) is 11.5. The van der Waals surface area contributed by atoms with Gasteiger partial charge in [-0.15, -0.1) is 11.8 Å². The van der Waals surface area contributed by atoms with Crippen molar-refractivity contribution in [2.24, 2.45) is 0 Å². The van der Waals surface area contributed by atoms with E-state index in [1.165, 1.54) is 11.8 Å². The zero-order valence-corrected chi connectivity index (χ0v) is 17.6. The minimum Gasteiger partial charge on any atom is -0.508 e. The minimum atomic E-state index is -0.102. The Morgan fingerprint density at radius 2 is 1.57 bits per heavy atom. The number of halogens is 3. The molecule has 0 atom stereocenters. The van der Waals surface area contributed by atoms with Gasteiger partial charge in [0.1, 0.15) is 5.75 Å². The van der Waals surface area contributed by atoms with Crippen LogP contribution in [0.5, 0.6) is 5.75 Å². The second-order valence-corrected chi connectivity index (χ2v) is 8.24. The van der Waals surface area contributed by atoms with Gasteiger partial charge in [-0.2, -0.15) is 0 Å². The largest absolute Gasteiger partial charge is 0.508 e. The highest BCUT2D eigenvalue weighted by Gasteiger charge is 2.14. The zero-order chi connectivity index (χ0) is 20.1. The molecule has 3 aromatic carbocycles. The predicted octanol–water partition coefficient (Wildman–Crippen LogP) is 7.51. The number of phenols is 1. The van der Waals surface area contributed by atoms with E-state index in [2.05, 4.69) is 0 Å². The predicted molar refractivity (Wildman–Crippen MR) is 120 cm³/mol. The van der Waals surface area contributed by atoms with Crippen molar-refractivity contribution in [1.29, 1.82) is 0 Å². The molecule has 142 valence electrons. The molecule has 6 heteroatoms. The Bertz CT molecular complexity index is 1010. The lowest BCUT2D eigenvalue weighted by atomic mass is 10.1. The van der Waals surface area contributed by atoms with Crippen molar-refractivity contribution in [3.05, 3.63) is 103 Å². The first-order chi connectivity index (χ1) is 13.4. The van der Waals surface area contributed by atoms with Gasteiger partial charge >= 0.3 is 0 Å². The molecule has 3 aromatic rings. The molecule has 0 saturated carbocycles. The van der Waals surface area contributed by atoms with Crippen molar-refractivity contribution < 1.29 is 9.90 Å². The summed E-state index contributed by atoms with van der Waals surface area (Å²) in [6.07, 6.45) is 1.80. The number of rotatable bonds is 6. The van der Waals surface area contributed by atoms with Crippen LogP contribution >= 0.6 is 46.6 Å². The SMILES string of the molecule is O=C(/C(=C\c1ccc(O)cc1)SCc1ccc(Cl)c(Cl)c1)c1ccc(Cl)cc1. The molecule has 0 heterocycles. The average molecular weight is 450 g/mol. The van der Waals surface area contributed by atoms with E-state index < -0.39 is 0 Å². The maximum absolute atomic E-state index is 13.0. The highest BCUT2D eigenvalue weighted by molar-refractivity contribution is 8.03. The van der Waals surface area contributed by atoms with Gasteiger partial charge in [0.2, 0.25) is 0 Å². The maximum atomic E-state index is 13.0. The quantitative estimate of drug-likeness (QED) is 0.312. The highest BCUT2D eigenvalue weighted by atomic mass is 35.5. The number of hydrogen-bond acceptors (Lipinski definition) is 3. The zero-order valence-electron chi connectivity index (χ0n) is 14.5. The number of carbonyl (C=O) groups is 1. The molecular formula is C22H15Cl3O2S. The number of phenolic OH excluding ortho intramolecular Hbond substituents is 1. The molecule has 0 amide bonds. The van der Waals surface area contributed by atoms with Crippen LogP contribution in [0.25, 0.3) is 6.08 Å². The molecule has 3 rings (SSSR count). The summed E-state index contributed by atoms with van der Waals surface area (Å²) in [7, 11) is 0. The lowest BCUT2D eigenvalue weighted by Crippen LogP contribution is -2.01. The summed E-state index contributed by atoms with van der Waals surface area (Å²) in [6, 6.07) is 18.9. The van der Waals surface area contributed by atoms with E-state index in [4.69, 9.17) is 34.8 Å². The molecule has 0 radical (unpaired) electrons. The van der Waals surface area contributed by atoms with Crippen LogP contribution in [-0.4, -0.2) is 10.9 Å². The first-order valence-corrected chi connectivity index (χ1v) is 10.4. The van der Waals surface area contributed by atoms with Gasteiger partial charge in [0, 0.05) is 16.3 Å². The Labute approximate surface area is 182 Å². The standard InChI is InChI=1S/C22H15Cl3O2S/c23-17-6-4-16(5-7-17)22(27)21(12-14-1-8-18(26)9-2-14)28-13-15-3-10-19(24)20(25)11-15/h1-12,26H,13H2/b21-12+. The fourth-order valence-corrected chi connectivity index (χ4v) is 3.85. The molecule has 0 aliphatic rings. The number of thioether (sulfide) groups is 1. The van der Waals surface area contributed by atoms with E-state index in [1.54, 1.807) is 66.7 Å². The van der Waals surface area contributed by atoms with Crippen LogP contribution in [0.1, 0.15) is 21.5 Å². The van der Waals surface area contributed by atoms with Crippen molar-refractivity contribution >= 4 is 58.4 Å². The van der Waals surface area contributed by atoms with Crippen LogP contribution < -0.4 is 0 Å². The summed E-state index contributed by atoms with van der Waals surface area (Å²) in [5.41, 5.74) is 2.33. The van der Waals surface area contributed by atoms with Crippen molar-refractivity contribution in [3.8, 4) is 5.75 Å². The van der Waals surface area contributed by atoms with Gasteiger partial charge in [-0.05, 0) is 65.7 Å². The highest BCUT2D eigenvalue weighted by Crippen LogP contribution is 2.30. The molecule has 0 unspecified atom stereocenters. The fourth-order valence-electron chi connectivity index (χ4n) is 2.43. The number of benzene rings is 3. The Balaban J connectivity index is 1.89. The van der Waals surface area contributed by atoms with Gasteiger partial charge in [-0.25, -0.2) is 0 Å². The van der Waals surface area contributed by atoms with E-state index >= 15 is 0 Å². The number of carbonyl (C=O) groups excluding carboxylic acids is 1. The van der Waals surface area contributed by atoms with Crippen LogP contribution in [0.2, 0.25) is 15.1 Å². The average Bonchev–Trinajstić information content (AvgIpc) is 2.69. The lowest BCUT2D eigenvalue weighted by molar-refractivity contribution is 0.104. The number of aromatic hydroxyl groups is 1. The third-order valence-corrected chi connectivity index (χ3v) is 5.98. The van der Waals surface area contributed by atoms with Crippen molar-refractivity contribution in [3.63, 3.8) is 0 Å². The van der Waals surface area contributed by atoms with E-state index in [0.717, 1.165) is 11.1 Å². The first-order valence-electron chi connectivity index (χ1n) is 8.30. The molecule has 28 heavy (non-hydrogen) atoms. The van der Waals surface area contributed by atoms with Crippen LogP contribution in [0.15, 0.2) is 71.6 Å². The Kier molecular flexibility index (Phi) is 7.08. The first kappa shape index (κ1) is 20.8. The van der Waals surface area contributed by atoms with E-state index in [1.807, 2.05) is 6.07 Å². The van der Waals surface area contributed by atoms with E-state index in [0.29, 0.717) is 31.3 Å². The summed E-state index contributed by atoms with van der Waals surface area (Å²) in [5, 5.41) is 11.0. The van der Waals surface area contributed by atoms with Crippen LogP contribution in [0, 0.1) is 0 Å². The van der Waals surface area contributed by atoms with Crippen molar-refractivity contribution in [2.75, 3.05) is 0 Å². The second kappa shape index (κ2) is 9.53. The minimum absolute atomic E-state index is 0.102. The van der Waals surface area contributed by atoms with Crippen LogP contribution in [0.3, 0.4) is 0 Å². The summed E-state index contributed by atoms with van der Waals surface area (Å²) >= 11 is 19.4. The molecule has 0 aliphatic heterocycles. The lowest BCUT2D eigenvalue weighted by Gasteiger charge is -2.09. The third kappa shape index (κ3) is 5.55. The van der Waals surface area contributed by atoms with Gasteiger partial charge < -0.3 is 5.11 Å². The Hall–Kier alpha value is -1.91. The number of allylic oxidation sites excluding steroid dienone is 1. The third-order valence-electron chi connectivity index (χ3n) is 3.90. The van der Waals surface area contributed by atoms with Gasteiger partial charge in [0.05, 0.1) is 15.0 Å². The molecule has 1 N–H and O–H groups in total. The summed E-state index contributed by atoms with van der Waals surface area (Å²) in [6.45, 7) is 0. The molecule has 0 spiro atoms. The van der Waals surface area contributed by atoms with Gasteiger partial charge in [0.15, 0.2) is 5.78 Å². The molecule has 0 bridgehead atoms. The molecule has 0 aliphatic carbocycles. The molecule has 2 nitrogen and oxygen atoms in total. The van der Waals surface area contributed by atoms with Gasteiger partial charge in [-0.1, -0.05) is 53.0 Å². The molecule has 0 fully saturated rings. The Morgan fingerprint density at radius 3 is 2.21 bits per heavy atom. The molecule has 0 aromatic heterocycles. The monoisotopic (exact) mass is 448 g/mol. The van der Waals surface area contributed by atoms with Crippen LogP contribution in [-0.2, 0) is 5.75 Å². The maximum Gasteiger partial charge on any atom is 0.199 e. The Morgan fingerprint density at radius 1 is 0.893 bits per heavy atom. The van der Waals surface area contributed by atoms with Gasteiger partial charge in [-0.3, -0.25) is 4.79 Å². The van der Waals surface area contributed by atoms with E-state index in [9.17, 15) is 9.90 Å². The van der Waals surface area contributed by atoms with Crippen LogP contribution in [0.4, 0.5) is 0 Å². The topological polar surface area (TPSA) is 37.3 Å². The summed E-state index contributed by atoms with van der Waals surface area (Å²) in [4.78, 5) is 13.6. The number of hydrogen-bond donors (Lipinski definition) is 1. The molecule has 0 saturated heterocycles. The summed E-state index contributed by atoms with van der Waals surface area (Å²) < 4.78 is 0. The second-order valence-electron chi connectivity index (χ2n) is 5.97. The molecular weight excluding hydrogens is 435 g/mol. The van der Waals surface area contributed by atoms with Crippen molar-refractivity contribution in [1.82, 2.24) is 0 Å². The van der Waals surface area contributed by atoms with E-state index in [-0.39, 0.29) is 11.5 Å². The summed E-state index contributed by atoms with van der Waals surface area (Å²) in [5.74, 6) is 0.626. The smallest absolute Gasteiger partial charge is 0.199 e. The number of ketones is 1. The van der Waals surface area contributed by atoms with Crippen molar-refractivity contribution in [2.45, 2.75) is 5.75 Å².